The minimum absolute atomic E-state index is 0.499. The van der Waals surface area contributed by atoms with E-state index in [4.69, 9.17) is 0 Å². The number of nitrogens with one attached hydrogen (secondary N) is 1. The van der Waals surface area contributed by atoms with Gasteiger partial charge in [-0.25, -0.2) is 4.68 Å². The Balaban J connectivity index is 2.01. The second-order valence-corrected chi connectivity index (χ2v) is 4.07. The van der Waals surface area contributed by atoms with Gasteiger partial charge in [0.05, 0.1) is 17.9 Å². The molecule has 14 heavy (non-hydrogen) atoms. The maximum atomic E-state index is 4.15. The van der Waals surface area contributed by atoms with Gasteiger partial charge in [-0.15, -0.1) is 5.10 Å². The molecule has 1 aromatic heterocycles. The molecule has 1 aromatic rings. The standard InChI is InChI=1S/C9H17N5/c1-13(2)6-8-7-14(12-11-8)9-3-4-10-5-9/h7,9-10H,3-6H2,1-2H3. The third-order valence-electron chi connectivity index (χ3n) is 2.44. The molecule has 0 bridgehead atoms. The van der Waals surface area contributed by atoms with Crippen LogP contribution in [0, 0.1) is 0 Å². The van der Waals surface area contributed by atoms with Gasteiger partial charge in [0.1, 0.15) is 0 Å². The SMILES string of the molecule is CN(C)Cc1cn(C2CCNC2)nn1. The van der Waals surface area contributed by atoms with Crippen molar-refractivity contribution in [1.82, 2.24) is 25.2 Å². The van der Waals surface area contributed by atoms with Gasteiger partial charge in [-0.2, -0.15) is 0 Å². The molecule has 0 radical (unpaired) electrons. The Bertz CT molecular complexity index is 287. The quantitative estimate of drug-likeness (QED) is 0.730. The zero-order valence-corrected chi connectivity index (χ0v) is 8.77. The minimum atomic E-state index is 0.499. The van der Waals surface area contributed by atoms with E-state index in [0.717, 1.165) is 31.7 Å². The summed E-state index contributed by atoms with van der Waals surface area (Å²) in [4.78, 5) is 2.10. The molecular weight excluding hydrogens is 178 g/mol. The first-order valence-corrected chi connectivity index (χ1v) is 5.02. The zero-order valence-electron chi connectivity index (χ0n) is 8.77. The smallest absolute Gasteiger partial charge is 0.0967 e. The lowest BCUT2D eigenvalue weighted by molar-refractivity contribution is 0.396. The molecular formula is C9H17N5. The molecule has 1 N–H and O–H groups in total. The zero-order chi connectivity index (χ0) is 9.97. The number of rotatable bonds is 3. The molecule has 2 rings (SSSR count). The van der Waals surface area contributed by atoms with Crippen molar-refractivity contribution in [3.8, 4) is 0 Å². The van der Waals surface area contributed by atoms with E-state index in [1.54, 1.807) is 0 Å². The van der Waals surface area contributed by atoms with Gasteiger partial charge in [0, 0.05) is 13.1 Å². The van der Waals surface area contributed by atoms with Crippen LogP contribution in [0.2, 0.25) is 0 Å². The van der Waals surface area contributed by atoms with Crippen LogP contribution in [-0.4, -0.2) is 47.1 Å². The van der Waals surface area contributed by atoms with E-state index in [0.29, 0.717) is 6.04 Å². The maximum absolute atomic E-state index is 4.15. The highest BCUT2D eigenvalue weighted by Gasteiger charge is 2.17. The summed E-state index contributed by atoms with van der Waals surface area (Å²) in [7, 11) is 4.08. The van der Waals surface area contributed by atoms with Crippen LogP contribution in [0.5, 0.6) is 0 Å². The Morgan fingerprint density at radius 2 is 2.50 bits per heavy atom. The molecule has 2 heterocycles. The first kappa shape index (κ1) is 9.61. The van der Waals surface area contributed by atoms with Crippen LogP contribution in [0.25, 0.3) is 0 Å². The molecule has 0 saturated carbocycles. The summed E-state index contributed by atoms with van der Waals surface area (Å²) in [5.74, 6) is 0. The molecule has 1 atom stereocenters. The topological polar surface area (TPSA) is 46.0 Å². The third-order valence-corrected chi connectivity index (χ3v) is 2.44. The van der Waals surface area contributed by atoms with Crippen molar-refractivity contribution in [2.24, 2.45) is 0 Å². The molecule has 1 aliphatic heterocycles. The van der Waals surface area contributed by atoms with E-state index in [9.17, 15) is 0 Å². The molecule has 5 heteroatoms. The van der Waals surface area contributed by atoms with E-state index in [1.165, 1.54) is 0 Å². The Labute approximate surface area is 84.1 Å². The van der Waals surface area contributed by atoms with E-state index in [1.807, 2.05) is 18.8 Å². The highest BCUT2D eigenvalue weighted by atomic mass is 15.4. The predicted octanol–water partition coefficient (Wildman–Crippen LogP) is -0.126. The van der Waals surface area contributed by atoms with Gasteiger partial charge < -0.3 is 10.2 Å². The van der Waals surface area contributed by atoms with Gasteiger partial charge in [0.2, 0.25) is 0 Å². The summed E-state index contributed by atoms with van der Waals surface area (Å²) in [6, 6.07) is 0.499. The average molecular weight is 195 g/mol. The van der Waals surface area contributed by atoms with Gasteiger partial charge in [0.15, 0.2) is 0 Å². The van der Waals surface area contributed by atoms with Crippen LogP contribution in [0.4, 0.5) is 0 Å². The molecule has 1 aliphatic rings. The number of hydrogen-bond acceptors (Lipinski definition) is 4. The Kier molecular flexibility index (Phi) is 2.79. The van der Waals surface area contributed by atoms with Crippen molar-refractivity contribution >= 4 is 0 Å². The van der Waals surface area contributed by atoms with Crippen molar-refractivity contribution in [2.45, 2.75) is 19.0 Å². The van der Waals surface area contributed by atoms with Crippen LogP contribution >= 0.6 is 0 Å². The van der Waals surface area contributed by atoms with E-state index in [2.05, 4.69) is 26.7 Å². The molecule has 0 spiro atoms. The first-order chi connectivity index (χ1) is 6.75. The molecule has 0 aliphatic carbocycles. The molecule has 78 valence electrons. The largest absolute Gasteiger partial charge is 0.315 e. The van der Waals surface area contributed by atoms with Gasteiger partial charge >= 0.3 is 0 Å². The van der Waals surface area contributed by atoms with Crippen LogP contribution in [0.15, 0.2) is 6.20 Å². The van der Waals surface area contributed by atoms with Gasteiger partial charge in [-0.05, 0) is 27.1 Å². The lowest BCUT2D eigenvalue weighted by Gasteiger charge is -2.07. The second kappa shape index (κ2) is 4.06. The highest BCUT2D eigenvalue weighted by molar-refractivity contribution is 4.94. The van der Waals surface area contributed by atoms with Gasteiger partial charge in [-0.1, -0.05) is 5.21 Å². The Morgan fingerprint density at radius 3 is 3.14 bits per heavy atom. The molecule has 1 unspecified atom stereocenters. The fourth-order valence-corrected chi connectivity index (χ4v) is 1.75. The highest BCUT2D eigenvalue weighted by Crippen LogP contribution is 2.13. The van der Waals surface area contributed by atoms with Crippen LogP contribution in [0.3, 0.4) is 0 Å². The molecule has 1 saturated heterocycles. The fourth-order valence-electron chi connectivity index (χ4n) is 1.75. The van der Waals surface area contributed by atoms with Gasteiger partial charge in [0.25, 0.3) is 0 Å². The van der Waals surface area contributed by atoms with E-state index >= 15 is 0 Å². The van der Waals surface area contributed by atoms with Crippen LogP contribution < -0.4 is 5.32 Å². The molecule has 0 amide bonds. The summed E-state index contributed by atoms with van der Waals surface area (Å²) in [6.07, 6.45) is 3.21. The first-order valence-electron chi connectivity index (χ1n) is 5.02. The fraction of sp³-hybridized carbons (Fsp3) is 0.778. The number of aromatic nitrogens is 3. The molecule has 0 aromatic carbocycles. The van der Waals surface area contributed by atoms with E-state index < -0.39 is 0 Å². The predicted molar refractivity (Wildman–Crippen MR) is 53.9 cm³/mol. The third kappa shape index (κ3) is 2.10. The summed E-state index contributed by atoms with van der Waals surface area (Å²) >= 11 is 0. The van der Waals surface area contributed by atoms with E-state index in [-0.39, 0.29) is 0 Å². The Morgan fingerprint density at radius 1 is 1.64 bits per heavy atom. The van der Waals surface area contributed by atoms with Crippen molar-refractivity contribution in [1.29, 1.82) is 0 Å². The normalized spacial score (nSPS) is 22.1. The summed E-state index contributed by atoms with van der Waals surface area (Å²) in [6.45, 7) is 2.97. The second-order valence-electron chi connectivity index (χ2n) is 4.07. The van der Waals surface area contributed by atoms with Crippen molar-refractivity contribution < 1.29 is 0 Å². The van der Waals surface area contributed by atoms with Crippen LogP contribution in [-0.2, 0) is 6.54 Å². The minimum Gasteiger partial charge on any atom is -0.315 e. The molecule has 1 fully saturated rings. The monoisotopic (exact) mass is 195 g/mol. The van der Waals surface area contributed by atoms with Crippen LogP contribution in [0.1, 0.15) is 18.2 Å². The summed E-state index contributed by atoms with van der Waals surface area (Å²) < 4.78 is 1.98. The van der Waals surface area contributed by atoms with Crippen molar-refractivity contribution in [3.63, 3.8) is 0 Å². The lowest BCUT2D eigenvalue weighted by atomic mass is 10.3. The lowest BCUT2D eigenvalue weighted by Crippen LogP contribution is -2.14. The maximum Gasteiger partial charge on any atom is 0.0967 e. The average Bonchev–Trinajstić information content (AvgIpc) is 2.69. The van der Waals surface area contributed by atoms with Crippen molar-refractivity contribution in [2.75, 3.05) is 27.2 Å². The Hall–Kier alpha value is -0.940. The molecule has 5 nitrogen and oxygen atoms in total. The number of hydrogen-bond donors (Lipinski definition) is 1. The number of nitrogens with zero attached hydrogens (tertiary/aromatic N) is 4. The summed E-state index contributed by atoms with van der Waals surface area (Å²) in [5.41, 5.74) is 1.04. The summed E-state index contributed by atoms with van der Waals surface area (Å²) in [5, 5.41) is 11.6. The van der Waals surface area contributed by atoms with Gasteiger partial charge in [-0.3, -0.25) is 0 Å². The van der Waals surface area contributed by atoms with Crippen molar-refractivity contribution in [3.05, 3.63) is 11.9 Å².